The lowest BCUT2D eigenvalue weighted by molar-refractivity contribution is 0.209. The Labute approximate surface area is 189 Å². The van der Waals surface area contributed by atoms with Crippen LogP contribution in [0.2, 0.25) is 0 Å². The topological polar surface area (TPSA) is 58.9 Å². The van der Waals surface area contributed by atoms with Gasteiger partial charge in [-0.3, -0.25) is 4.40 Å². The number of nitrogens with one attached hydrogen (secondary N) is 1. The molecule has 8 heteroatoms. The van der Waals surface area contributed by atoms with Gasteiger partial charge in [0.05, 0.1) is 18.5 Å². The summed E-state index contributed by atoms with van der Waals surface area (Å²) in [5, 5.41) is 5.08. The van der Waals surface area contributed by atoms with Crippen LogP contribution in [0.3, 0.4) is 0 Å². The van der Waals surface area contributed by atoms with E-state index < -0.39 is 0 Å². The third-order valence-electron chi connectivity index (χ3n) is 5.63. The van der Waals surface area contributed by atoms with Crippen molar-refractivity contribution < 1.29 is 13.9 Å². The minimum absolute atomic E-state index is 0.110. The Morgan fingerprint density at radius 2 is 2.03 bits per heavy atom. The summed E-state index contributed by atoms with van der Waals surface area (Å²) in [4.78, 5) is 20.5. The van der Waals surface area contributed by atoms with Crippen LogP contribution in [0.15, 0.2) is 60.1 Å². The first kappa shape index (κ1) is 20.5. The minimum Gasteiger partial charge on any atom is -0.495 e. The molecule has 2 amide bonds. The number of rotatable bonds is 7. The third-order valence-corrected chi connectivity index (χ3v) is 6.52. The van der Waals surface area contributed by atoms with Gasteiger partial charge < -0.3 is 15.0 Å². The molecular weight excluding hydrogens is 427 g/mol. The molecule has 4 aromatic rings. The lowest BCUT2D eigenvalue weighted by Gasteiger charge is -2.23. The van der Waals surface area contributed by atoms with Crippen molar-refractivity contribution >= 4 is 28.0 Å². The Morgan fingerprint density at radius 1 is 1.25 bits per heavy atom. The van der Waals surface area contributed by atoms with Crippen LogP contribution in [-0.4, -0.2) is 40.0 Å². The molecule has 1 saturated carbocycles. The van der Waals surface area contributed by atoms with Gasteiger partial charge in [-0.25, -0.2) is 14.2 Å². The zero-order valence-corrected chi connectivity index (χ0v) is 18.4. The van der Waals surface area contributed by atoms with Crippen LogP contribution < -0.4 is 10.1 Å². The average Bonchev–Trinajstić information content (AvgIpc) is 3.44. The zero-order valence-electron chi connectivity index (χ0n) is 17.6. The molecule has 1 aliphatic rings. The van der Waals surface area contributed by atoms with Crippen LogP contribution in [-0.2, 0) is 6.42 Å². The van der Waals surface area contributed by atoms with Gasteiger partial charge in [0.1, 0.15) is 11.6 Å². The number of thiazole rings is 1. The summed E-state index contributed by atoms with van der Waals surface area (Å²) in [6.45, 7) is 0.613. The van der Waals surface area contributed by atoms with E-state index in [2.05, 4.69) is 20.1 Å². The summed E-state index contributed by atoms with van der Waals surface area (Å²) in [5.41, 5.74) is 3.46. The normalized spacial score (nSPS) is 13.3. The minimum atomic E-state index is -0.262. The highest BCUT2D eigenvalue weighted by Gasteiger charge is 2.32. The predicted octanol–water partition coefficient (Wildman–Crippen LogP) is 5.45. The quantitative estimate of drug-likeness (QED) is 0.407. The highest BCUT2D eigenvalue weighted by molar-refractivity contribution is 7.15. The Hall–Kier alpha value is -3.39. The first-order valence-corrected chi connectivity index (χ1v) is 11.4. The number of imidazole rings is 1. The fourth-order valence-electron chi connectivity index (χ4n) is 3.77. The molecule has 2 aromatic heterocycles. The van der Waals surface area contributed by atoms with Gasteiger partial charge in [0.25, 0.3) is 0 Å². The van der Waals surface area contributed by atoms with Crippen LogP contribution in [0.5, 0.6) is 5.75 Å². The van der Waals surface area contributed by atoms with Crippen LogP contribution in [0.25, 0.3) is 16.2 Å². The molecule has 0 unspecified atom stereocenters. The predicted molar refractivity (Wildman–Crippen MR) is 124 cm³/mol. The van der Waals surface area contributed by atoms with Gasteiger partial charge in [0.15, 0.2) is 4.96 Å². The number of carbonyl (C=O) groups is 1. The van der Waals surface area contributed by atoms with E-state index in [1.807, 2.05) is 35.4 Å². The number of methoxy groups -OCH3 is 1. The lowest BCUT2D eigenvalue weighted by atomic mass is 10.2. The van der Waals surface area contributed by atoms with E-state index in [1.165, 1.54) is 12.1 Å². The van der Waals surface area contributed by atoms with Crippen molar-refractivity contribution in [1.82, 2.24) is 14.3 Å². The number of carbonyl (C=O) groups excluding carboxylic acids is 1. The highest BCUT2D eigenvalue weighted by atomic mass is 32.1. The van der Waals surface area contributed by atoms with Gasteiger partial charge in [0, 0.05) is 41.8 Å². The average molecular weight is 451 g/mol. The highest BCUT2D eigenvalue weighted by Crippen LogP contribution is 2.30. The number of amides is 2. The molecule has 0 atom stereocenters. The monoisotopic (exact) mass is 450 g/mol. The van der Waals surface area contributed by atoms with Crippen molar-refractivity contribution in [2.45, 2.75) is 25.3 Å². The number of aromatic nitrogens is 2. The molecule has 164 valence electrons. The Morgan fingerprint density at radius 3 is 2.78 bits per heavy atom. The number of urea groups is 1. The van der Waals surface area contributed by atoms with Crippen molar-refractivity contribution in [3.63, 3.8) is 0 Å². The third kappa shape index (κ3) is 4.18. The van der Waals surface area contributed by atoms with Crippen molar-refractivity contribution in [3.8, 4) is 17.0 Å². The SMILES string of the molecule is COc1ccccc1NC(=O)N(CCc1csc2nc(-c3ccc(F)cc3)cn12)C1CC1. The van der Waals surface area contributed by atoms with Crippen LogP contribution in [0, 0.1) is 5.82 Å². The van der Waals surface area contributed by atoms with Crippen LogP contribution in [0.1, 0.15) is 18.5 Å². The van der Waals surface area contributed by atoms with Crippen molar-refractivity contribution in [2.75, 3.05) is 19.0 Å². The maximum absolute atomic E-state index is 13.2. The fourth-order valence-corrected chi connectivity index (χ4v) is 4.68. The molecule has 6 nitrogen and oxygen atoms in total. The molecule has 0 aliphatic heterocycles. The molecule has 2 aromatic carbocycles. The van der Waals surface area contributed by atoms with E-state index in [-0.39, 0.29) is 17.9 Å². The summed E-state index contributed by atoms with van der Waals surface area (Å²) in [7, 11) is 1.59. The molecular formula is C24H23FN4O2S. The largest absolute Gasteiger partial charge is 0.495 e. The second kappa shape index (κ2) is 8.63. The number of anilines is 1. The van der Waals surface area contributed by atoms with E-state index in [0.717, 1.165) is 41.2 Å². The van der Waals surface area contributed by atoms with E-state index in [0.29, 0.717) is 18.0 Å². The lowest BCUT2D eigenvalue weighted by Crippen LogP contribution is -2.38. The fraction of sp³-hybridized carbons (Fsp3) is 0.250. The molecule has 1 N–H and O–H groups in total. The molecule has 5 rings (SSSR count). The zero-order chi connectivity index (χ0) is 22.1. The van der Waals surface area contributed by atoms with Gasteiger partial charge in [-0.05, 0) is 49.2 Å². The van der Waals surface area contributed by atoms with E-state index in [1.54, 1.807) is 30.6 Å². The van der Waals surface area contributed by atoms with E-state index in [9.17, 15) is 9.18 Å². The Bertz CT molecular complexity index is 1250. The second-order valence-corrected chi connectivity index (χ2v) is 8.65. The summed E-state index contributed by atoms with van der Waals surface area (Å²) in [5.74, 6) is 0.380. The van der Waals surface area contributed by atoms with Crippen molar-refractivity contribution in [3.05, 3.63) is 71.6 Å². The molecule has 2 heterocycles. The summed E-state index contributed by atoms with van der Waals surface area (Å²) >= 11 is 1.57. The number of hydrogen-bond donors (Lipinski definition) is 1. The number of para-hydroxylation sites is 2. The molecule has 1 aliphatic carbocycles. The smallest absolute Gasteiger partial charge is 0.322 e. The number of fused-ring (bicyclic) bond motifs is 1. The first-order valence-electron chi connectivity index (χ1n) is 10.5. The molecule has 0 radical (unpaired) electrons. The first-order chi connectivity index (χ1) is 15.6. The maximum Gasteiger partial charge on any atom is 0.322 e. The van der Waals surface area contributed by atoms with Crippen molar-refractivity contribution in [2.24, 2.45) is 0 Å². The van der Waals surface area contributed by atoms with Gasteiger partial charge in [-0.2, -0.15) is 0 Å². The Balaban J connectivity index is 1.31. The molecule has 0 spiro atoms. The van der Waals surface area contributed by atoms with Crippen LogP contribution >= 0.6 is 11.3 Å². The maximum atomic E-state index is 13.2. The number of benzene rings is 2. The summed E-state index contributed by atoms with van der Waals surface area (Å²) < 4.78 is 20.6. The van der Waals surface area contributed by atoms with Gasteiger partial charge in [-0.1, -0.05) is 12.1 Å². The Kier molecular flexibility index (Phi) is 5.53. The molecule has 32 heavy (non-hydrogen) atoms. The summed E-state index contributed by atoms with van der Waals surface area (Å²) in [6.07, 6.45) is 4.75. The summed E-state index contributed by atoms with van der Waals surface area (Å²) in [6, 6.07) is 13.9. The number of ether oxygens (including phenoxy) is 1. The number of halogens is 1. The van der Waals surface area contributed by atoms with E-state index >= 15 is 0 Å². The van der Waals surface area contributed by atoms with Gasteiger partial charge in [0.2, 0.25) is 0 Å². The molecule has 0 saturated heterocycles. The van der Waals surface area contributed by atoms with E-state index in [4.69, 9.17) is 4.74 Å². The molecule has 0 bridgehead atoms. The molecule has 1 fully saturated rings. The van der Waals surface area contributed by atoms with Crippen LogP contribution in [0.4, 0.5) is 14.9 Å². The van der Waals surface area contributed by atoms with Gasteiger partial charge >= 0.3 is 6.03 Å². The van der Waals surface area contributed by atoms with Gasteiger partial charge in [-0.15, -0.1) is 11.3 Å². The second-order valence-electron chi connectivity index (χ2n) is 7.82. The van der Waals surface area contributed by atoms with Crippen molar-refractivity contribution in [1.29, 1.82) is 0 Å². The standard InChI is InChI=1S/C24H23FN4O2S/c1-31-22-5-3-2-4-20(22)26-23(30)28(18-10-11-18)13-12-19-15-32-24-27-21(14-29(19)24)16-6-8-17(25)9-7-16/h2-9,14-15,18H,10-13H2,1H3,(H,26,30). The number of nitrogens with zero attached hydrogens (tertiary/aromatic N) is 3. The number of hydrogen-bond acceptors (Lipinski definition) is 4.